The number of halogens is 1. The monoisotopic (exact) mass is 395 g/mol. The maximum absolute atomic E-state index is 4.55. The summed E-state index contributed by atoms with van der Waals surface area (Å²) in [5.41, 5.74) is 3.51. The van der Waals surface area contributed by atoms with Crippen LogP contribution in [-0.2, 0) is 13.1 Å². The molecule has 0 fully saturated rings. The highest BCUT2D eigenvalue weighted by Gasteiger charge is 2.05. The molecule has 5 nitrogen and oxygen atoms in total. The molecule has 1 aromatic heterocycles. The molecule has 0 saturated heterocycles. The van der Waals surface area contributed by atoms with Gasteiger partial charge in [-0.2, -0.15) is 0 Å². The fourth-order valence-electron chi connectivity index (χ4n) is 2.01. The predicted molar refractivity (Wildman–Crippen MR) is 102 cm³/mol. The van der Waals surface area contributed by atoms with Crippen molar-refractivity contribution in [3.63, 3.8) is 0 Å². The summed E-state index contributed by atoms with van der Waals surface area (Å²) in [5, 5.41) is 9.70. The number of nitrogens with zero attached hydrogens (tertiary/aromatic N) is 3. The molecular weight excluding hydrogens is 374 g/mol. The van der Waals surface area contributed by atoms with Crippen LogP contribution in [0, 0.1) is 6.92 Å². The number of anilines is 1. The minimum atomic E-state index is 0.656. The molecule has 0 spiro atoms. The average molecular weight is 396 g/mol. The molecule has 1 heterocycles. The van der Waals surface area contributed by atoms with Gasteiger partial charge < -0.3 is 15.5 Å². The number of hydrogen-bond donors (Lipinski definition) is 2. The van der Waals surface area contributed by atoms with Crippen molar-refractivity contribution < 1.29 is 0 Å². The van der Waals surface area contributed by atoms with E-state index >= 15 is 0 Å². The average Bonchev–Trinajstić information content (AvgIpc) is 2.98. The second-order valence-corrected chi connectivity index (χ2v) is 7.12. The highest BCUT2D eigenvalue weighted by atomic mass is 79.9. The van der Waals surface area contributed by atoms with E-state index in [9.17, 15) is 0 Å². The van der Waals surface area contributed by atoms with Gasteiger partial charge in [-0.1, -0.05) is 22.0 Å². The van der Waals surface area contributed by atoms with Crippen LogP contribution in [0.5, 0.6) is 0 Å². The lowest BCUT2D eigenvalue weighted by Crippen LogP contribution is -2.36. The van der Waals surface area contributed by atoms with Crippen LogP contribution in [0.25, 0.3) is 0 Å². The molecule has 0 aliphatic rings. The Labute approximate surface area is 150 Å². The van der Waals surface area contributed by atoms with E-state index in [1.807, 2.05) is 19.0 Å². The van der Waals surface area contributed by atoms with Gasteiger partial charge in [0.15, 0.2) is 11.1 Å². The lowest BCUT2D eigenvalue weighted by molar-refractivity contribution is 0.795. The van der Waals surface area contributed by atoms with Crippen molar-refractivity contribution in [2.24, 2.45) is 4.99 Å². The van der Waals surface area contributed by atoms with E-state index < -0.39 is 0 Å². The van der Waals surface area contributed by atoms with E-state index in [1.165, 1.54) is 11.1 Å². The molecular formula is C16H22BrN5S. The van der Waals surface area contributed by atoms with Gasteiger partial charge in [0.1, 0.15) is 0 Å². The van der Waals surface area contributed by atoms with Crippen molar-refractivity contribution in [3.05, 3.63) is 44.9 Å². The van der Waals surface area contributed by atoms with Crippen molar-refractivity contribution in [2.45, 2.75) is 20.0 Å². The zero-order valence-electron chi connectivity index (χ0n) is 13.9. The third-order valence-corrected chi connectivity index (χ3v) is 4.88. The predicted octanol–water partition coefficient (Wildman–Crippen LogP) is 3.15. The molecule has 0 aliphatic heterocycles. The quantitative estimate of drug-likeness (QED) is 0.602. The third-order valence-electron chi connectivity index (χ3n) is 3.33. The second kappa shape index (κ2) is 8.31. The van der Waals surface area contributed by atoms with Crippen LogP contribution in [0.4, 0.5) is 5.13 Å². The maximum Gasteiger partial charge on any atom is 0.191 e. The molecule has 0 unspecified atom stereocenters. The number of aliphatic imine (C=N–C) groups is 1. The first-order valence-electron chi connectivity index (χ1n) is 7.31. The van der Waals surface area contributed by atoms with Crippen LogP contribution >= 0.6 is 27.3 Å². The Bertz CT molecular complexity index is 681. The largest absolute Gasteiger partial charge is 0.354 e. The number of hydrogen-bond acceptors (Lipinski definition) is 4. The van der Waals surface area contributed by atoms with Crippen molar-refractivity contribution in [1.29, 1.82) is 0 Å². The summed E-state index contributed by atoms with van der Waals surface area (Å²) < 4.78 is 1.10. The normalized spacial score (nSPS) is 11.4. The fraction of sp³-hybridized carbons (Fsp3) is 0.375. The van der Waals surface area contributed by atoms with Gasteiger partial charge in [-0.15, -0.1) is 11.3 Å². The standard InChI is InChI=1S/C16H22BrN5S/c1-11-7-13(17)6-5-12(11)8-19-15(18-2)20-9-14-10-23-16(21-14)22(3)4/h5-7,10H,8-9H2,1-4H3,(H2,18,19,20). The number of aryl methyl sites for hydroxylation is 1. The first-order chi connectivity index (χ1) is 11.0. The highest BCUT2D eigenvalue weighted by Crippen LogP contribution is 2.18. The Morgan fingerprint density at radius 3 is 2.65 bits per heavy atom. The van der Waals surface area contributed by atoms with Crippen molar-refractivity contribution in [1.82, 2.24) is 15.6 Å². The Kier molecular flexibility index (Phi) is 6.41. The van der Waals surface area contributed by atoms with E-state index in [0.29, 0.717) is 6.54 Å². The van der Waals surface area contributed by atoms with E-state index in [2.05, 4.69) is 67.0 Å². The molecule has 23 heavy (non-hydrogen) atoms. The Balaban J connectivity index is 1.88. The number of nitrogens with one attached hydrogen (secondary N) is 2. The summed E-state index contributed by atoms with van der Waals surface area (Å²) in [6.07, 6.45) is 0. The summed E-state index contributed by atoms with van der Waals surface area (Å²) in [6.45, 7) is 3.50. The molecule has 0 aliphatic carbocycles. The van der Waals surface area contributed by atoms with Crippen LogP contribution in [0.1, 0.15) is 16.8 Å². The zero-order chi connectivity index (χ0) is 16.8. The number of rotatable bonds is 5. The van der Waals surface area contributed by atoms with E-state index in [-0.39, 0.29) is 0 Å². The maximum atomic E-state index is 4.55. The minimum Gasteiger partial charge on any atom is -0.354 e. The molecule has 2 rings (SSSR count). The number of benzene rings is 1. The third kappa shape index (κ3) is 5.21. The van der Waals surface area contributed by atoms with Crippen LogP contribution < -0.4 is 15.5 Å². The number of thiazole rings is 1. The minimum absolute atomic E-state index is 0.656. The first kappa shape index (κ1) is 17.7. The molecule has 7 heteroatoms. The van der Waals surface area contributed by atoms with Gasteiger partial charge in [0.05, 0.1) is 12.2 Å². The molecule has 1 aromatic carbocycles. The molecule has 2 N–H and O–H groups in total. The van der Waals surface area contributed by atoms with E-state index in [0.717, 1.165) is 27.8 Å². The van der Waals surface area contributed by atoms with Crippen molar-refractivity contribution in [2.75, 3.05) is 26.0 Å². The Hall–Kier alpha value is -1.60. The van der Waals surface area contributed by atoms with Gasteiger partial charge in [0.2, 0.25) is 0 Å². The van der Waals surface area contributed by atoms with Crippen molar-refractivity contribution in [3.8, 4) is 0 Å². The molecule has 2 aromatic rings. The van der Waals surface area contributed by atoms with Gasteiger partial charge in [-0.05, 0) is 30.2 Å². The van der Waals surface area contributed by atoms with Gasteiger partial charge in [-0.25, -0.2) is 4.98 Å². The molecule has 0 bridgehead atoms. The fourth-order valence-corrected chi connectivity index (χ4v) is 3.25. The topological polar surface area (TPSA) is 52.6 Å². The SMILES string of the molecule is CN=C(NCc1csc(N(C)C)n1)NCc1ccc(Br)cc1C. The summed E-state index contributed by atoms with van der Waals surface area (Å²) in [4.78, 5) is 10.8. The van der Waals surface area contributed by atoms with Gasteiger partial charge in [0, 0.05) is 37.5 Å². The van der Waals surface area contributed by atoms with E-state index in [4.69, 9.17) is 0 Å². The van der Waals surface area contributed by atoms with Gasteiger partial charge in [-0.3, -0.25) is 4.99 Å². The Morgan fingerprint density at radius 2 is 2.04 bits per heavy atom. The molecule has 0 saturated carbocycles. The first-order valence-corrected chi connectivity index (χ1v) is 8.98. The molecule has 0 radical (unpaired) electrons. The van der Waals surface area contributed by atoms with Crippen LogP contribution in [0.15, 0.2) is 33.0 Å². The van der Waals surface area contributed by atoms with Gasteiger partial charge >= 0.3 is 0 Å². The van der Waals surface area contributed by atoms with Crippen molar-refractivity contribution >= 4 is 38.4 Å². The smallest absolute Gasteiger partial charge is 0.191 e. The molecule has 124 valence electrons. The summed E-state index contributed by atoms with van der Waals surface area (Å²) >= 11 is 5.13. The van der Waals surface area contributed by atoms with Crippen LogP contribution in [-0.4, -0.2) is 32.1 Å². The molecule has 0 amide bonds. The second-order valence-electron chi connectivity index (χ2n) is 5.37. The van der Waals surface area contributed by atoms with Gasteiger partial charge in [0.25, 0.3) is 0 Å². The number of aromatic nitrogens is 1. The van der Waals surface area contributed by atoms with Crippen LogP contribution in [0.2, 0.25) is 0 Å². The molecule has 0 atom stereocenters. The lowest BCUT2D eigenvalue weighted by atomic mass is 10.1. The lowest BCUT2D eigenvalue weighted by Gasteiger charge is -2.13. The van der Waals surface area contributed by atoms with Crippen LogP contribution in [0.3, 0.4) is 0 Å². The summed E-state index contributed by atoms with van der Waals surface area (Å²) in [6, 6.07) is 6.28. The highest BCUT2D eigenvalue weighted by molar-refractivity contribution is 9.10. The summed E-state index contributed by atoms with van der Waals surface area (Å²) in [5.74, 6) is 0.770. The zero-order valence-corrected chi connectivity index (χ0v) is 16.3. The number of guanidine groups is 1. The Morgan fingerprint density at radius 1 is 1.30 bits per heavy atom. The van der Waals surface area contributed by atoms with E-state index in [1.54, 1.807) is 18.4 Å². The summed E-state index contributed by atoms with van der Waals surface area (Å²) in [7, 11) is 5.77.